The van der Waals surface area contributed by atoms with E-state index in [1.54, 1.807) is 0 Å². The SMILES string of the molecule is O=C(O)CCCS/C(Cl)=C/Cl. The average molecular weight is 215 g/mol. The van der Waals surface area contributed by atoms with Crippen LogP contribution < -0.4 is 0 Å². The van der Waals surface area contributed by atoms with E-state index in [2.05, 4.69) is 0 Å². The molecule has 0 spiro atoms. The van der Waals surface area contributed by atoms with Gasteiger partial charge in [-0.25, -0.2) is 0 Å². The average Bonchev–Trinajstić information content (AvgIpc) is 1.97. The Morgan fingerprint density at radius 1 is 1.64 bits per heavy atom. The van der Waals surface area contributed by atoms with Crippen LogP contribution in [-0.2, 0) is 4.79 Å². The summed E-state index contributed by atoms with van der Waals surface area (Å²) in [6, 6.07) is 0. The van der Waals surface area contributed by atoms with Crippen LogP contribution in [0.25, 0.3) is 0 Å². The van der Waals surface area contributed by atoms with Crippen molar-refractivity contribution >= 4 is 40.9 Å². The lowest BCUT2D eigenvalue weighted by Crippen LogP contribution is -1.94. The minimum absolute atomic E-state index is 0.180. The van der Waals surface area contributed by atoms with Gasteiger partial charge in [0.25, 0.3) is 0 Å². The van der Waals surface area contributed by atoms with Gasteiger partial charge in [0.15, 0.2) is 0 Å². The number of carboxylic acids is 1. The Hall–Kier alpha value is 0.140. The van der Waals surface area contributed by atoms with Crippen molar-refractivity contribution in [2.45, 2.75) is 12.8 Å². The number of hydrogen-bond acceptors (Lipinski definition) is 2. The standard InChI is InChI=1S/C6H8Cl2O2S/c7-4-5(8)11-3-1-2-6(9)10/h4H,1-3H2,(H,9,10)/b5-4+. The first-order chi connectivity index (χ1) is 5.16. The van der Waals surface area contributed by atoms with Crippen molar-refractivity contribution in [3.63, 3.8) is 0 Å². The third kappa shape index (κ3) is 8.04. The third-order valence-electron chi connectivity index (χ3n) is 0.861. The van der Waals surface area contributed by atoms with Crippen molar-refractivity contribution in [2.75, 3.05) is 5.75 Å². The van der Waals surface area contributed by atoms with Gasteiger partial charge in [-0.3, -0.25) is 4.79 Å². The van der Waals surface area contributed by atoms with Gasteiger partial charge in [-0.05, 0) is 12.2 Å². The molecule has 0 atom stereocenters. The van der Waals surface area contributed by atoms with Crippen LogP contribution in [0.1, 0.15) is 12.8 Å². The fraction of sp³-hybridized carbons (Fsp3) is 0.500. The van der Waals surface area contributed by atoms with E-state index in [-0.39, 0.29) is 6.42 Å². The molecule has 0 rings (SSSR count). The Balaban J connectivity index is 3.21. The zero-order valence-corrected chi connectivity index (χ0v) is 8.05. The summed E-state index contributed by atoms with van der Waals surface area (Å²) >= 11 is 12.1. The van der Waals surface area contributed by atoms with Crippen molar-refractivity contribution in [3.05, 3.63) is 9.90 Å². The van der Waals surface area contributed by atoms with Gasteiger partial charge in [-0.1, -0.05) is 23.2 Å². The Morgan fingerprint density at radius 3 is 2.73 bits per heavy atom. The lowest BCUT2D eigenvalue weighted by molar-refractivity contribution is -0.137. The fourth-order valence-corrected chi connectivity index (χ4v) is 1.39. The van der Waals surface area contributed by atoms with Crippen LogP contribution >= 0.6 is 35.0 Å². The number of aliphatic carboxylic acids is 1. The minimum Gasteiger partial charge on any atom is -0.481 e. The van der Waals surface area contributed by atoms with E-state index in [0.717, 1.165) is 0 Å². The Bertz CT molecular complexity index is 159. The van der Waals surface area contributed by atoms with Gasteiger partial charge in [-0.15, -0.1) is 11.8 Å². The molecule has 5 heteroatoms. The molecule has 0 fully saturated rings. The highest BCUT2D eigenvalue weighted by molar-refractivity contribution is 8.04. The monoisotopic (exact) mass is 214 g/mol. The number of carbonyl (C=O) groups is 1. The molecule has 0 aromatic carbocycles. The second-order valence-electron chi connectivity index (χ2n) is 1.76. The first kappa shape index (κ1) is 11.1. The van der Waals surface area contributed by atoms with Gasteiger partial charge in [-0.2, -0.15) is 0 Å². The van der Waals surface area contributed by atoms with Crippen LogP contribution in [0, 0.1) is 0 Å². The second kappa shape index (κ2) is 6.83. The Labute approximate surface area is 79.6 Å². The molecule has 1 N–H and O–H groups in total. The summed E-state index contributed by atoms with van der Waals surface area (Å²) in [7, 11) is 0. The number of carboxylic acid groups (broad SMARTS) is 1. The van der Waals surface area contributed by atoms with Gasteiger partial charge >= 0.3 is 5.97 Å². The van der Waals surface area contributed by atoms with E-state index in [9.17, 15) is 4.79 Å². The molecule has 0 saturated carbocycles. The quantitative estimate of drug-likeness (QED) is 0.716. The van der Waals surface area contributed by atoms with Crippen molar-refractivity contribution in [1.29, 1.82) is 0 Å². The number of hydrogen-bond donors (Lipinski definition) is 1. The van der Waals surface area contributed by atoms with Crippen LogP contribution in [0.4, 0.5) is 0 Å². The van der Waals surface area contributed by atoms with E-state index >= 15 is 0 Å². The Morgan fingerprint density at radius 2 is 2.27 bits per heavy atom. The largest absolute Gasteiger partial charge is 0.481 e. The summed E-state index contributed by atoms with van der Waals surface area (Å²) in [6.07, 6.45) is 0.792. The topological polar surface area (TPSA) is 37.3 Å². The molecule has 2 nitrogen and oxygen atoms in total. The molecule has 0 aromatic rings. The summed E-state index contributed by atoms with van der Waals surface area (Å²) in [5.74, 6) is -0.0921. The maximum atomic E-state index is 10.0. The molecule has 0 aromatic heterocycles. The predicted molar refractivity (Wildman–Crippen MR) is 49.1 cm³/mol. The molecular weight excluding hydrogens is 207 g/mol. The van der Waals surface area contributed by atoms with Gasteiger partial charge in [0.1, 0.15) is 0 Å². The molecule has 0 unspecified atom stereocenters. The summed E-state index contributed by atoms with van der Waals surface area (Å²) in [5.41, 5.74) is 1.27. The van der Waals surface area contributed by atoms with Crippen molar-refractivity contribution in [1.82, 2.24) is 0 Å². The van der Waals surface area contributed by atoms with Crippen LogP contribution in [0.5, 0.6) is 0 Å². The zero-order valence-electron chi connectivity index (χ0n) is 5.72. The highest BCUT2D eigenvalue weighted by Crippen LogP contribution is 2.21. The van der Waals surface area contributed by atoms with Crippen LogP contribution in [-0.4, -0.2) is 16.8 Å². The molecule has 0 aliphatic heterocycles. The molecule has 0 radical (unpaired) electrons. The van der Waals surface area contributed by atoms with E-state index in [4.69, 9.17) is 28.3 Å². The highest BCUT2D eigenvalue weighted by atomic mass is 35.5. The fourth-order valence-electron chi connectivity index (χ4n) is 0.425. The molecule has 0 aliphatic rings. The highest BCUT2D eigenvalue weighted by Gasteiger charge is 1.97. The first-order valence-electron chi connectivity index (χ1n) is 2.97. The van der Waals surface area contributed by atoms with Gasteiger partial charge in [0.2, 0.25) is 0 Å². The van der Waals surface area contributed by atoms with E-state index in [0.29, 0.717) is 16.5 Å². The smallest absolute Gasteiger partial charge is 0.303 e. The number of rotatable bonds is 5. The molecule has 0 aliphatic carbocycles. The predicted octanol–water partition coefficient (Wildman–Crippen LogP) is 2.86. The van der Waals surface area contributed by atoms with E-state index in [1.807, 2.05) is 0 Å². The third-order valence-corrected chi connectivity index (χ3v) is 2.64. The normalized spacial score (nSPS) is 11.6. The van der Waals surface area contributed by atoms with Crippen LogP contribution in [0.15, 0.2) is 9.90 Å². The lowest BCUT2D eigenvalue weighted by Gasteiger charge is -1.95. The summed E-state index contributed by atoms with van der Waals surface area (Å²) in [4.78, 5) is 10.0. The molecule has 0 saturated heterocycles. The maximum absolute atomic E-state index is 10.0. The lowest BCUT2D eigenvalue weighted by atomic mass is 10.3. The van der Waals surface area contributed by atoms with Gasteiger partial charge in [0.05, 0.1) is 4.36 Å². The molecule has 0 heterocycles. The number of halogens is 2. The van der Waals surface area contributed by atoms with E-state index in [1.165, 1.54) is 17.3 Å². The Kier molecular flexibility index (Phi) is 6.91. The minimum atomic E-state index is -0.781. The van der Waals surface area contributed by atoms with Crippen molar-refractivity contribution in [3.8, 4) is 0 Å². The number of thioether (sulfide) groups is 1. The summed E-state index contributed by atoms with van der Waals surface area (Å²) in [6.45, 7) is 0. The van der Waals surface area contributed by atoms with Crippen molar-refractivity contribution in [2.24, 2.45) is 0 Å². The molecule has 0 bridgehead atoms. The second-order valence-corrected chi connectivity index (χ2v) is 3.75. The molecule has 0 amide bonds. The van der Waals surface area contributed by atoms with Crippen molar-refractivity contribution < 1.29 is 9.90 Å². The first-order valence-corrected chi connectivity index (χ1v) is 4.77. The molecule has 11 heavy (non-hydrogen) atoms. The maximum Gasteiger partial charge on any atom is 0.303 e. The summed E-state index contributed by atoms with van der Waals surface area (Å²) < 4.78 is 0.497. The summed E-state index contributed by atoms with van der Waals surface area (Å²) in [5, 5.41) is 8.25. The van der Waals surface area contributed by atoms with Crippen LogP contribution in [0.3, 0.4) is 0 Å². The molecular formula is C6H8Cl2O2S. The van der Waals surface area contributed by atoms with Gasteiger partial charge < -0.3 is 5.11 Å². The molecule has 64 valence electrons. The van der Waals surface area contributed by atoms with Crippen LogP contribution in [0.2, 0.25) is 0 Å². The van der Waals surface area contributed by atoms with Gasteiger partial charge in [0, 0.05) is 12.0 Å². The van der Waals surface area contributed by atoms with E-state index < -0.39 is 5.97 Å². The zero-order chi connectivity index (χ0) is 8.69.